The number of hydrogen-bond donors (Lipinski definition) is 1. The molecule has 0 saturated carbocycles. The molecule has 1 aliphatic heterocycles. The van der Waals surface area contributed by atoms with Gasteiger partial charge in [0, 0.05) is 12.6 Å². The third kappa shape index (κ3) is 4.85. The summed E-state index contributed by atoms with van der Waals surface area (Å²) in [6.07, 6.45) is 3.60. The molecule has 0 bridgehead atoms. The minimum absolute atomic E-state index is 0.0824. The number of likely N-dealkylation sites (tertiary alicyclic amines) is 1. The van der Waals surface area contributed by atoms with Gasteiger partial charge >= 0.3 is 0 Å². The Kier molecular flexibility index (Phi) is 6.69. The number of benzene rings is 1. The van der Waals surface area contributed by atoms with Crippen LogP contribution in [0.25, 0.3) is 0 Å². The van der Waals surface area contributed by atoms with E-state index in [1.807, 2.05) is 12.3 Å². The second-order valence-electron chi connectivity index (χ2n) is 6.43. The van der Waals surface area contributed by atoms with Crippen LogP contribution in [0.1, 0.15) is 37.8 Å². The van der Waals surface area contributed by atoms with E-state index in [0.717, 1.165) is 13.1 Å². The summed E-state index contributed by atoms with van der Waals surface area (Å²) in [4.78, 5) is 2.66. The average molecular weight is 395 g/mol. The molecule has 1 unspecified atom stereocenters. The summed E-state index contributed by atoms with van der Waals surface area (Å²) in [5, 5.41) is 4.16. The number of ether oxygens (including phenoxy) is 1. The average Bonchev–Trinajstić information content (AvgIpc) is 3.18. The predicted octanol–water partition coefficient (Wildman–Crippen LogP) is 3.65. The zero-order chi connectivity index (χ0) is 18.4. The van der Waals surface area contributed by atoms with Gasteiger partial charge in [0.05, 0.1) is 11.5 Å². The fraction of sp³-hybridized carbons (Fsp3) is 0.474. The van der Waals surface area contributed by atoms with E-state index in [4.69, 9.17) is 4.74 Å². The highest BCUT2D eigenvalue weighted by atomic mass is 32.2. The lowest BCUT2D eigenvalue weighted by molar-refractivity contribution is 0.165. The van der Waals surface area contributed by atoms with Crippen LogP contribution in [-0.2, 0) is 10.0 Å². The Labute approximate surface area is 160 Å². The fourth-order valence-electron chi connectivity index (χ4n) is 3.31. The minimum Gasteiger partial charge on any atom is -0.494 e. The minimum atomic E-state index is -3.55. The fourth-order valence-corrected chi connectivity index (χ4v) is 5.05. The van der Waals surface area contributed by atoms with Gasteiger partial charge in [0.1, 0.15) is 5.75 Å². The van der Waals surface area contributed by atoms with Crippen LogP contribution < -0.4 is 9.46 Å². The molecule has 1 fully saturated rings. The summed E-state index contributed by atoms with van der Waals surface area (Å²) in [7, 11) is -3.55. The highest BCUT2D eigenvalue weighted by Gasteiger charge is 2.25. The Hall–Kier alpha value is -1.41. The van der Waals surface area contributed by atoms with Gasteiger partial charge in [-0.3, -0.25) is 4.90 Å². The van der Waals surface area contributed by atoms with Crippen LogP contribution in [0.3, 0.4) is 0 Å². The Morgan fingerprint density at radius 2 is 1.88 bits per heavy atom. The molecule has 0 amide bonds. The number of hydrogen-bond acceptors (Lipinski definition) is 5. The molecule has 5 nitrogen and oxygen atoms in total. The molecule has 2 heterocycles. The summed E-state index contributed by atoms with van der Waals surface area (Å²) >= 11 is 1.65. The lowest BCUT2D eigenvalue weighted by Crippen LogP contribution is -2.40. The van der Waals surface area contributed by atoms with E-state index in [-0.39, 0.29) is 10.9 Å². The van der Waals surface area contributed by atoms with Crippen LogP contribution in [-0.4, -0.2) is 39.6 Å². The number of thiophene rings is 1. The van der Waals surface area contributed by atoms with Crippen molar-refractivity contribution in [3.8, 4) is 5.75 Å². The molecule has 0 spiro atoms. The molecule has 1 N–H and O–H groups in total. The number of rotatable bonds is 8. The summed E-state index contributed by atoms with van der Waals surface area (Å²) < 4.78 is 33.6. The van der Waals surface area contributed by atoms with Crippen LogP contribution in [0.5, 0.6) is 5.75 Å². The smallest absolute Gasteiger partial charge is 0.240 e. The third-order valence-corrected chi connectivity index (χ3v) is 6.81. The molecule has 1 saturated heterocycles. The molecule has 0 aliphatic carbocycles. The van der Waals surface area contributed by atoms with Crippen LogP contribution in [0.4, 0.5) is 0 Å². The first kappa shape index (κ1) is 19.4. The number of sulfonamides is 1. The number of nitrogens with one attached hydrogen (secondary N) is 1. The standard InChI is InChI=1S/C19H26N2O3S2/c1-2-24-17-6-8-18(9-7-17)26(22,23)20-14-19(16-10-13-25-15-16)21-11-4-3-5-12-21/h6-10,13,15,19-20H,2-5,11-12,14H2,1H3. The molecule has 1 aromatic carbocycles. The lowest BCUT2D eigenvalue weighted by atomic mass is 10.0. The Morgan fingerprint density at radius 1 is 1.15 bits per heavy atom. The molecule has 142 valence electrons. The van der Waals surface area contributed by atoms with E-state index < -0.39 is 10.0 Å². The molecule has 1 aliphatic rings. The Balaban J connectivity index is 1.70. The zero-order valence-corrected chi connectivity index (χ0v) is 16.7. The highest BCUT2D eigenvalue weighted by molar-refractivity contribution is 7.89. The highest BCUT2D eigenvalue weighted by Crippen LogP contribution is 2.26. The summed E-state index contributed by atoms with van der Waals surface area (Å²) in [5.41, 5.74) is 1.19. The van der Waals surface area contributed by atoms with Crippen molar-refractivity contribution < 1.29 is 13.2 Å². The molecule has 1 aromatic heterocycles. The third-order valence-electron chi connectivity index (χ3n) is 4.67. The topological polar surface area (TPSA) is 58.6 Å². The van der Waals surface area contributed by atoms with Gasteiger partial charge in [0.15, 0.2) is 0 Å². The van der Waals surface area contributed by atoms with Gasteiger partial charge in [-0.2, -0.15) is 11.3 Å². The van der Waals surface area contributed by atoms with Crippen molar-refractivity contribution in [1.82, 2.24) is 9.62 Å². The SMILES string of the molecule is CCOc1ccc(S(=O)(=O)NCC(c2ccsc2)N2CCCCC2)cc1. The normalized spacial score (nSPS) is 17.1. The molecular formula is C19H26N2O3S2. The van der Waals surface area contributed by atoms with Crippen molar-refractivity contribution in [2.75, 3.05) is 26.2 Å². The molecule has 2 aromatic rings. The summed E-state index contributed by atoms with van der Waals surface area (Å²) in [5.74, 6) is 0.677. The number of piperidine rings is 1. The quantitative estimate of drug-likeness (QED) is 0.742. The largest absolute Gasteiger partial charge is 0.494 e. The van der Waals surface area contributed by atoms with Crippen LogP contribution in [0.2, 0.25) is 0 Å². The van der Waals surface area contributed by atoms with E-state index in [9.17, 15) is 8.42 Å². The van der Waals surface area contributed by atoms with Gasteiger partial charge < -0.3 is 4.74 Å². The molecular weight excluding hydrogens is 368 g/mol. The maximum Gasteiger partial charge on any atom is 0.240 e. The van der Waals surface area contributed by atoms with Crippen molar-refractivity contribution in [3.63, 3.8) is 0 Å². The molecule has 0 radical (unpaired) electrons. The molecule has 26 heavy (non-hydrogen) atoms. The maximum absolute atomic E-state index is 12.7. The van der Waals surface area contributed by atoms with Gasteiger partial charge in [0.25, 0.3) is 0 Å². The van der Waals surface area contributed by atoms with E-state index in [0.29, 0.717) is 18.9 Å². The van der Waals surface area contributed by atoms with Crippen molar-refractivity contribution in [3.05, 3.63) is 46.7 Å². The van der Waals surface area contributed by atoms with Gasteiger partial charge in [-0.1, -0.05) is 6.42 Å². The first-order valence-electron chi connectivity index (χ1n) is 9.09. The van der Waals surface area contributed by atoms with Gasteiger partial charge in [-0.15, -0.1) is 0 Å². The predicted molar refractivity (Wildman–Crippen MR) is 105 cm³/mol. The number of nitrogens with zero attached hydrogens (tertiary/aromatic N) is 1. The molecule has 7 heteroatoms. The van der Waals surface area contributed by atoms with Crippen molar-refractivity contribution in [2.24, 2.45) is 0 Å². The zero-order valence-electron chi connectivity index (χ0n) is 15.1. The summed E-state index contributed by atoms with van der Waals surface area (Å²) in [6.45, 7) is 4.88. The van der Waals surface area contributed by atoms with Crippen LogP contribution >= 0.6 is 11.3 Å². The molecule has 1 atom stereocenters. The van der Waals surface area contributed by atoms with E-state index >= 15 is 0 Å². The Bertz CT molecular complexity index is 768. The maximum atomic E-state index is 12.7. The first-order valence-corrected chi connectivity index (χ1v) is 11.5. The van der Waals surface area contributed by atoms with E-state index in [1.165, 1.54) is 24.8 Å². The van der Waals surface area contributed by atoms with Gasteiger partial charge in [-0.05, 0) is 79.5 Å². The lowest BCUT2D eigenvalue weighted by Gasteiger charge is -2.34. The van der Waals surface area contributed by atoms with Crippen molar-refractivity contribution in [1.29, 1.82) is 0 Å². The second kappa shape index (κ2) is 8.99. The van der Waals surface area contributed by atoms with Crippen molar-refractivity contribution >= 4 is 21.4 Å². The van der Waals surface area contributed by atoms with E-state index in [2.05, 4.69) is 21.1 Å². The van der Waals surface area contributed by atoms with Gasteiger partial charge in [-0.25, -0.2) is 13.1 Å². The van der Waals surface area contributed by atoms with Crippen LogP contribution in [0.15, 0.2) is 46.0 Å². The van der Waals surface area contributed by atoms with E-state index in [1.54, 1.807) is 35.6 Å². The van der Waals surface area contributed by atoms with Gasteiger partial charge in [0.2, 0.25) is 10.0 Å². The second-order valence-corrected chi connectivity index (χ2v) is 8.97. The monoisotopic (exact) mass is 394 g/mol. The molecule has 3 rings (SSSR count). The van der Waals surface area contributed by atoms with Crippen LogP contribution in [0, 0.1) is 0 Å². The van der Waals surface area contributed by atoms with Crippen molar-refractivity contribution in [2.45, 2.75) is 37.1 Å². The first-order chi connectivity index (χ1) is 12.6. The Morgan fingerprint density at radius 3 is 2.50 bits per heavy atom. The summed E-state index contributed by atoms with van der Waals surface area (Å²) in [6, 6.07) is 8.74.